The summed E-state index contributed by atoms with van der Waals surface area (Å²) < 4.78 is 10.0. The minimum atomic E-state index is -0.745. The van der Waals surface area contributed by atoms with Crippen molar-refractivity contribution >= 4 is 5.97 Å². The van der Waals surface area contributed by atoms with Crippen LogP contribution < -0.4 is 9.47 Å². The summed E-state index contributed by atoms with van der Waals surface area (Å²) in [6, 6.07) is 7.53. The van der Waals surface area contributed by atoms with Gasteiger partial charge in [0.2, 0.25) is 0 Å². The van der Waals surface area contributed by atoms with Gasteiger partial charge in [-0.05, 0) is 12.1 Å². The van der Waals surface area contributed by atoms with E-state index in [0.717, 1.165) is 11.5 Å². The lowest BCUT2D eigenvalue weighted by molar-refractivity contribution is -0.136. The van der Waals surface area contributed by atoms with Gasteiger partial charge in [0.05, 0.1) is 14.2 Å². The summed E-state index contributed by atoms with van der Waals surface area (Å²) in [6.45, 7) is 1.60. The number of para-hydroxylation sites is 2. The molecule has 15 heavy (non-hydrogen) atoms. The molecule has 0 spiro atoms. The molecule has 0 radical (unpaired) electrons. The van der Waals surface area contributed by atoms with E-state index in [1.165, 1.54) is 0 Å². The van der Waals surface area contributed by atoms with Gasteiger partial charge in [-0.3, -0.25) is 4.79 Å². The fourth-order valence-electron chi connectivity index (χ4n) is 0.787. The van der Waals surface area contributed by atoms with Crippen LogP contribution in [0.2, 0.25) is 0 Å². The van der Waals surface area contributed by atoms with E-state index < -0.39 is 5.97 Å². The molecule has 0 aliphatic carbocycles. The lowest BCUT2D eigenvalue weighted by atomic mass is 10.3. The lowest BCUT2D eigenvalue weighted by Crippen LogP contribution is -1.88. The standard InChI is InChI=1S/C8H10O2.C3H6O2/c1-9-7-5-3-4-6-8(7)10-2;1-2-3(4)5/h3-6H,1-2H3;2H2,1H3,(H,4,5). The van der Waals surface area contributed by atoms with Crippen LogP contribution in [0, 0.1) is 0 Å². The molecule has 1 N–H and O–H groups in total. The molecule has 0 aromatic heterocycles. The fraction of sp³-hybridized carbons (Fsp3) is 0.364. The predicted molar refractivity (Wildman–Crippen MR) is 57.5 cm³/mol. The van der Waals surface area contributed by atoms with E-state index in [2.05, 4.69) is 0 Å². The maximum Gasteiger partial charge on any atom is 0.303 e. The number of benzene rings is 1. The van der Waals surface area contributed by atoms with Gasteiger partial charge in [0.1, 0.15) is 0 Å². The van der Waals surface area contributed by atoms with Crippen molar-refractivity contribution < 1.29 is 19.4 Å². The number of ether oxygens (including phenoxy) is 2. The van der Waals surface area contributed by atoms with Crippen LogP contribution in [-0.4, -0.2) is 25.3 Å². The largest absolute Gasteiger partial charge is 0.493 e. The highest BCUT2D eigenvalue weighted by atomic mass is 16.5. The minimum Gasteiger partial charge on any atom is -0.493 e. The first-order valence-electron chi connectivity index (χ1n) is 4.54. The number of hydrogen-bond donors (Lipinski definition) is 1. The molecule has 0 saturated heterocycles. The average Bonchev–Trinajstić information content (AvgIpc) is 2.29. The molecule has 0 fully saturated rings. The molecular weight excluding hydrogens is 196 g/mol. The number of hydrogen-bond acceptors (Lipinski definition) is 3. The molecular formula is C11H16O4. The molecule has 0 saturated carbocycles. The molecule has 0 aliphatic heterocycles. The maximum absolute atomic E-state index is 9.37. The highest BCUT2D eigenvalue weighted by Gasteiger charge is 1.97. The Bertz CT molecular complexity index is 273. The molecule has 0 aliphatic rings. The van der Waals surface area contributed by atoms with Gasteiger partial charge in [0, 0.05) is 6.42 Å². The number of carboxylic acids is 1. The van der Waals surface area contributed by atoms with Gasteiger partial charge in [-0.1, -0.05) is 19.1 Å². The molecule has 0 unspecified atom stereocenters. The molecule has 0 heterocycles. The number of methoxy groups -OCH3 is 2. The van der Waals surface area contributed by atoms with E-state index in [9.17, 15) is 4.79 Å². The predicted octanol–water partition coefficient (Wildman–Crippen LogP) is 2.18. The summed E-state index contributed by atoms with van der Waals surface area (Å²) in [6.07, 6.45) is 0.222. The molecule has 0 atom stereocenters. The van der Waals surface area contributed by atoms with Gasteiger partial charge < -0.3 is 14.6 Å². The quantitative estimate of drug-likeness (QED) is 0.834. The first-order chi connectivity index (χ1) is 7.15. The third kappa shape index (κ3) is 5.57. The molecule has 1 aromatic carbocycles. The third-order valence-corrected chi connectivity index (χ3v) is 1.59. The van der Waals surface area contributed by atoms with Gasteiger partial charge in [0.25, 0.3) is 0 Å². The van der Waals surface area contributed by atoms with Crippen molar-refractivity contribution in [2.75, 3.05) is 14.2 Å². The Morgan fingerprint density at radius 3 is 1.73 bits per heavy atom. The van der Waals surface area contributed by atoms with E-state index in [1.807, 2.05) is 24.3 Å². The van der Waals surface area contributed by atoms with Crippen molar-refractivity contribution in [2.24, 2.45) is 0 Å². The summed E-state index contributed by atoms with van der Waals surface area (Å²) in [5.74, 6) is 0.792. The van der Waals surface area contributed by atoms with Crippen LogP contribution in [0.1, 0.15) is 13.3 Å². The molecule has 0 amide bonds. The molecule has 1 rings (SSSR count). The van der Waals surface area contributed by atoms with Crippen molar-refractivity contribution in [1.82, 2.24) is 0 Å². The Morgan fingerprint density at radius 2 is 1.53 bits per heavy atom. The van der Waals surface area contributed by atoms with Gasteiger partial charge >= 0.3 is 5.97 Å². The first kappa shape index (κ1) is 13.3. The smallest absolute Gasteiger partial charge is 0.303 e. The summed E-state index contributed by atoms with van der Waals surface area (Å²) in [5, 5.41) is 7.72. The molecule has 4 nitrogen and oxygen atoms in total. The van der Waals surface area contributed by atoms with Crippen LogP contribution >= 0.6 is 0 Å². The molecule has 4 heteroatoms. The molecule has 0 bridgehead atoms. The zero-order chi connectivity index (χ0) is 11.7. The highest BCUT2D eigenvalue weighted by molar-refractivity contribution is 5.66. The Morgan fingerprint density at radius 1 is 1.20 bits per heavy atom. The molecule has 84 valence electrons. The van der Waals surface area contributed by atoms with Gasteiger partial charge in [-0.25, -0.2) is 0 Å². The molecule has 1 aromatic rings. The highest BCUT2D eigenvalue weighted by Crippen LogP contribution is 2.24. The van der Waals surface area contributed by atoms with E-state index in [-0.39, 0.29) is 6.42 Å². The normalized spacial score (nSPS) is 8.47. The van der Waals surface area contributed by atoms with Crippen molar-refractivity contribution in [1.29, 1.82) is 0 Å². The third-order valence-electron chi connectivity index (χ3n) is 1.59. The van der Waals surface area contributed by atoms with Crippen LogP contribution in [0.25, 0.3) is 0 Å². The number of aliphatic carboxylic acids is 1. The van der Waals surface area contributed by atoms with Crippen molar-refractivity contribution in [3.8, 4) is 11.5 Å². The van der Waals surface area contributed by atoms with Crippen molar-refractivity contribution in [3.05, 3.63) is 24.3 Å². The Balaban J connectivity index is 0.000000336. The van der Waals surface area contributed by atoms with Gasteiger partial charge in [-0.15, -0.1) is 0 Å². The minimum absolute atomic E-state index is 0.222. The van der Waals surface area contributed by atoms with Crippen LogP contribution in [0.4, 0.5) is 0 Å². The van der Waals surface area contributed by atoms with E-state index >= 15 is 0 Å². The second kappa shape index (κ2) is 7.67. The summed E-state index contributed by atoms with van der Waals surface area (Å²) in [5.41, 5.74) is 0. The Kier molecular flexibility index (Phi) is 6.80. The van der Waals surface area contributed by atoms with E-state index in [1.54, 1.807) is 21.1 Å². The monoisotopic (exact) mass is 212 g/mol. The van der Waals surface area contributed by atoms with Crippen LogP contribution in [0.15, 0.2) is 24.3 Å². The van der Waals surface area contributed by atoms with Crippen molar-refractivity contribution in [2.45, 2.75) is 13.3 Å². The SMILES string of the molecule is CCC(=O)O.COc1ccccc1OC. The van der Waals surface area contributed by atoms with Gasteiger partial charge in [0.15, 0.2) is 11.5 Å². The summed E-state index contributed by atoms with van der Waals surface area (Å²) in [4.78, 5) is 9.37. The summed E-state index contributed by atoms with van der Waals surface area (Å²) >= 11 is 0. The topological polar surface area (TPSA) is 55.8 Å². The zero-order valence-electron chi connectivity index (χ0n) is 9.19. The van der Waals surface area contributed by atoms with Crippen molar-refractivity contribution in [3.63, 3.8) is 0 Å². The first-order valence-corrected chi connectivity index (χ1v) is 4.54. The van der Waals surface area contributed by atoms with Crippen LogP contribution in [-0.2, 0) is 4.79 Å². The fourth-order valence-corrected chi connectivity index (χ4v) is 0.787. The number of carbonyl (C=O) groups is 1. The Hall–Kier alpha value is -1.71. The number of rotatable bonds is 3. The van der Waals surface area contributed by atoms with Crippen LogP contribution in [0.3, 0.4) is 0 Å². The lowest BCUT2D eigenvalue weighted by Gasteiger charge is -2.04. The second-order valence-corrected chi connectivity index (χ2v) is 2.60. The average molecular weight is 212 g/mol. The Labute approximate surface area is 89.4 Å². The van der Waals surface area contributed by atoms with E-state index in [4.69, 9.17) is 14.6 Å². The zero-order valence-corrected chi connectivity index (χ0v) is 9.19. The maximum atomic E-state index is 9.37. The number of carboxylic acid groups (broad SMARTS) is 1. The van der Waals surface area contributed by atoms with Gasteiger partial charge in [-0.2, -0.15) is 0 Å². The second-order valence-electron chi connectivity index (χ2n) is 2.60. The van der Waals surface area contributed by atoms with Crippen LogP contribution in [0.5, 0.6) is 11.5 Å². The van der Waals surface area contributed by atoms with E-state index in [0.29, 0.717) is 0 Å². The summed E-state index contributed by atoms with van der Waals surface area (Å²) in [7, 11) is 3.25.